The first-order valence-electron chi connectivity index (χ1n) is 6.95. The van der Waals surface area contributed by atoms with Crippen LogP contribution in [0.15, 0.2) is 23.1 Å². The van der Waals surface area contributed by atoms with E-state index in [0.29, 0.717) is 5.13 Å². The van der Waals surface area contributed by atoms with E-state index in [4.69, 9.17) is 0 Å². The summed E-state index contributed by atoms with van der Waals surface area (Å²) in [5.74, 6) is -0.316. The Bertz CT molecular complexity index is 815. The summed E-state index contributed by atoms with van der Waals surface area (Å²) in [5, 5.41) is 11.3. The SMILES string of the molecule is Cc1nnc(NC(=O)CCNS(=O)(=O)c2ccc(C)c(C)c2)s1. The third-order valence-electron chi connectivity index (χ3n) is 3.21. The van der Waals surface area contributed by atoms with Gasteiger partial charge in [0.15, 0.2) is 0 Å². The summed E-state index contributed by atoms with van der Waals surface area (Å²) in [7, 11) is -3.62. The van der Waals surface area contributed by atoms with Crippen molar-refractivity contribution >= 4 is 32.4 Å². The second-order valence-corrected chi connectivity index (χ2v) is 8.02. The van der Waals surface area contributed by atoms with Gasteiger partial charge in [0, 0.05) is 13.0 Å². The van der Waals surface area contributed by atoms with Crippen molar-refractivity contribution < 1.29 is 13.2 Å². The molecule has 1 amide bonds. The van der Waals surface area contributed by atoms with Crippen LogP contribution in [-0.4, -0.2) is 31.1 Å². The van der Waals surface area contributed by atoms with Gasteiger partial charge in [0.25, 0.3) is 0 Å². The Kier molecular flexibility index (Phi) is 5.45. The van der Waals surface area contributed by atoms with Gasteiger partial charge in [-0.25, -0.2) is 13.1 Å². The van der Waals surface area contributed by atoms with Crippen LogP contribution >= 0.6 is 11.3 Å². The molecule has 1 aromatic carbocycles. The van der Waals surface area contributed by atoms with E-state index >= 15 is 0 Å². The zero-order valence-electron chi connectivity index (χ0n) is 13.1. The highest BCUT2D eigenvalue weighted by molar-refractivity contribution is 7.89. The largest absolute Gasteiger partial charge is 0.300 e. The molecule has 1 aromatic heterocycles. The zero-order chi connectivity index (χ0) is 17.0. The average molecular weight is 354 g/mol. The van der Waals surface area contributed by atoms with Gasteiger partial charge in [0.05, 0.1) is 4.90 Å². The van der Waals surface area contributed by atoms with E-state index in [9.17, 15) is 13.2 Å². The van der Waals surface area contributed by atoms with Gasteiger partial charge in [-0.2, -0.15) is 0 Å². The minimum atomic E-state index is -3.62. The summed E-state index contributed by atoms with van der Waals surface area (Å²) in [4.78, 5) is 11.9. The van der Waals surface area contributed by atoms with Crippen LogP contribution in [0.3, 0.4) is 0 Å². The summed E-state index contributed by atoms with van der Waals surface area (Å²) in [5.41, 5.74) is 1.92. The first-order chi connectivity index (χ1) is 10.8. The molecular weight excluding hydrogens is 336 g/mol. The maximum atomic E-state index is 12.2. The quantitative estimate of drug-likeness (QED) is 0.823. The van der Waals surface area contributed by atoms with Crippen LogP contribution in [0.4, 0.5) is 5.13 Å². The van der Waals surface area contributed by atoms with Gasteiger partial charge in [-0.1, -0.05) is 17.4 Å². The molecule has 0 aliphatic heterocycles. The Morgan fingerprint density at radius 3 is 2.52 bits per heavy atom. The van der Waals surface area contributed by atoms with Gasteiger partial charge >= 0.3 is 0 Å². The molecule has 0 aliphatic rings. The van der Waals surface area contributed by atoms with Crippen LogP contribution < -0.4 is 10.0 Å². The summed E-state index contributed by atoms with van der Waals surface area (Å²) in [6, 6.07) is 4.92. The third-order valence-corrected chi connectivity index (χ3v) is 5.42. The van der Waals surface area contributed by atoms with Gasteiger partial charge in [0.2, 0.25) is 21.1 Å². The smallest absolute Gasteiger partial charge is 0.240 e. The number of carbonyl (C=O) groups is 1. The Hall–Kier alpha value is -1.84. The average Bonchev–Trinajstić information content (AvgIpc) is 2.86. The third kappa shape index (κ3) is 4.81. The van der Waals surface area contributed by atoms with E-state index in [2.05, 4.69) is 20.2 Å². The van der Waals surface area contributed by atoms with Crippen molar-refractivity contribution in [3.8, 4) is 0 Å². The molecule has 0 saturated heterocycles. The molecule has 0 spiro atoms. The van der Waals surface area contributed by atoms with Crippen LogP contribution in [0.5, 0.6) is 0 Å². The lowest BCUT2D eigenvalue weighted by atomic mass is 10.1. The molecule has 0 saturated carbocycles. The number of nitrogens with zero attached hydrogens (tertiary/aromatic N) is 2. The lowest BCUT2D eigenvalue weighted by Crippen LogP contribution is -2.28. The predicted octanol–water partition coefficient (Wildman–Crippen LogP) is 1.77. The molecule has 9 heteroatoms. The van der Waals surface area contributed by atoms with Gasteiger partial charge in [-0.05, 0) is 44.0 Å². The van der Waals surface area contributed by atoms with Crippen molar-refractivity contribution in [3.63, 3.8) is 0 Å². The van der Waals surface area contributed by atoms with Crippen LogP contribution in [-0.2, 0) is 14.8 Å². The predicted molar refractivity (Wildman–Crippen MR) is 89.0 cm³/mol. The molecule has 0 fully saturated rings. The molecule has 7 nitrogen and oxygen atoms in total. The summed E-state index contributed by atoms with van der Waals surface area (Å²) >= 11 is 1.26. The number of hydrogen-bond donors (Lipinski definition) is 2. The van der Waals surface area contributed by atoms with Crippen LogP contribution in [0.2, 0.25) is 0 Å². The number of sulfonamides is 1. The molecule has 23 heavy (non-hydrogen) atoms. The molecule has 2 rings (SSSR count). The van der Waals surface area contributed by atoms with Crippen molar-refractivity contribution in [2.24, 2.45) is 0 Å². The summed E-state index contributed by atoms with van der Waals surface area (Å²) in [6.45, 7) is 5.56. The van der Waals surface area contributed by atoms with Crippen LogP contribution in [0, 0.1) is 20.8 Å². The zero-order valence-corrected chi connectivity index (χ0v) is 14.7. The molecule has 0 atom stereocenters. The normalized spacial score (nSPS) is 11.4. The minimum Gasteiger partial charge on any atom is -0.300 e. The lowest BCUT2D eigenvalue weighted by Gasteiger charge is -2.08. The highest BCUT2D eigenvalue weighted by Crippen LogP contribution is 2.15. The molecular formula is C14H18N4O3S2. The Morgan fingerprint density at radius 2 is 1.91 bits per heavy atom. The summed E-state index contributed by atoms with van der Waals surface area (Å²) in [6.07, 6.45) is 0.0166. The number of amides is 1. The fourth-order valence-corrected chi connectivity index (χ4v) is 3.52. The monoisotopic (exact) mass is 354 g/mol. The number of benzene rings is 1. The number of nitrogens with one attached hydrogen (secondary N) is 2. The first-order valence-corrected chi connectivity index (χ1v) is 9.25. The Morgan fingerprint density at radius 1 is 1.17 bits per heavy atom. The topological polar surface area (TPSA) is 101 Å². The second-order valence-electron chi connectivity index (χ2n) is 5.07. The molecule has 2 aromatic rings. The fraction of sp³-hybridized carbons (Fsp3) is 0.357. The van der Waals surface area contributed by atoms with Gasteiger partial charge in [-0.3, -0.25) is 4.79 Å². The molecule has 0 bridgehead atoms. The summed E-state index contributed by atoms with van der Waals surface area (Å²) < 4.78 is 26.8. The fourth-order valence-electron chi connectivity index (χ4n) is 1.79. The van der Waals surface area contributed by atoms with Gasteiger partial charge in [-0.15, -0.1) is 10.2 Å². The van der Waals surface area contributed by atoms with E-state index < -0.39 is 10.0 Å². The highest BCUT2D eigenvalue weighted by Gasteiger charge is 2.15. The number of anilines is 1. The van der Waals surface area contributed by atoms with Gasteiger partial charge < -0.3 is 5.32 Å². The molecule has 0 unspecified atom stereocenters. The number of rotatable bonds is 6. The van der Waals surface area contributed by atoms with E-state index in [1.165, 1.54) is 11.3 Å². The van der Waals surface area contributed by atoms with E-state index in [-0.39, 0.29) is 23.8 Å². The molecule has 124 valence electrons. The maximum absolute atomic E-state index is 12.2. The Balaban J connectivity index is 1.89. The molecule has 0 radical (unpaired) electrons. The van der Waals surface area contributed by atoms with E-state index in [1.807, 2.05) is 13.8 Å². The van der Waals surface area contributed by atoms with E-state index in [0.717, 1.165) is 16.1 Å². The molecule has 2 N–H and O–H groups in total. The first kappa shape index (κ1) is 17.5. The van der Waals surface area contributed by atoms with Gasteiger partial charge in [0.1, 0.15) is 5.01 Å². The standard InChI is InChI=1S/C14H18N4O3S2/c1-9-4-5-12(8-10(9)2)23(20,21)15-7-6-13(19)16-14-18-17-11(3)22-14/h4-5,8,15H,6-7H2,1-3H3,(H,16,18,19). The number of aromatic nitrogens is 2. The van der Waals surface area contributed by atoms with Crippen molar-refractivity contribution in [2.75, 3.05) is 11.9 Å². The lowest BCUT2D eigenvalue weighted by molar-refractivity contribution is -0.116. The van der Waals surface area contributed by atoms with Crippen molar-refractivity contribution in [1.29, 1.82) is 0 Å². The molecule has 0 aliphatic carbocycles. The number of carbonyl (C=O) groups excluding carboxylic acids is 1. The highest BCUT2D eigenvalue weighted by atomic mass is 32.2. The van der Waals surface area contributed by atoms with E-state index in [1.54, 1.807) is 25.1 Å². The second kappa shape index (κ2) is 7.16. The van der Waals surface area contributed by atoms with Crippen molar-refractivity contribution in [2.45, 2.75) is 32.1 Å². The minimum absolute atomic E-state index is 0.0128. The van der Waals surface area contributed by atoms with Crippen LogP contribution in [0.1, 0.15) is 22.6 Å². The molecule has 1 heterocycles. The van der Waals surface area contributed by atoms with Crippen LogP contribution in [0.25, 0.3) is 0 Å². The van der Waals surface area contributed by atoms with Crippen molar-refractivity contribution in [1.82, 2.24) is 14.9 Å². The Labute approximate surface area is 139 Å². The number of aryl methyl sites for hydroxylation is 3. The number of hydrogen-bond acceptors (Lipinski definition) is 6. The maximum Gasteiger partial charge on any atom is 0.240 e. The van der Waals surface area contributed by atoms with Crippen molar-refractivity contribution in [3.05, 3.63) is 34.3 Å².